The van der Waals surface area contributed by atoms with Crippen LogP contribution in [0.4, 0.5) is 8.78 Å². The van der Waals surface area contributed by atoms with Gasteiger partial charge in [0.05, 0.1) is 12.4 Å². The molecule has 0 heterocycles. The molecule has 0 rings (SSSR count). The first-order chi connectivity index (χ1) is 5.90. The van der Waals surface area contributed by atoms with Gasteiger partial charge in [-0.3, -0.25) is 0 Å². The zero-order chi connectivity index (χ0) is 10.5. The Balaban J connectivity index is 3.98. The third-order valence-corrected chi connectivity index (χ3v) is 2.37. The normalized spacial score (nSPS) is 11.8. The maximum atomic E-state index is 12.9. The fraction of sp³-hybridized carbons (Fsp3) is 0.875. The Morgan fingerprint density at radius 3 is 2.46 bits per heavy atom. The SMILES string of the molecule is CCOC(=O)C(F)(F)CSC(C)C. The Kier molecular flexibility index (Phi) is 5.29. The number of alkyl halides is 2. The van der Waals surface area contributed by atoms with Crippen LogP contribution in [0.5, 0.6) is 0 Å². The van der Waals surface area contributed by atoms with Crippen LogP contribution < -0.4 is 0 Å². The van der Waals surface area contributed by atoms with Gasteiger partial charge in [0, 0.05) is 0 Å². The zero-order valence-corrected chi connectivity index (χ0v) is 8.79. The molecule has 0 spiro atoms. The number of carbonyl (C=O) groups is 1. The lowest BCUT2D eigenvalue weighted by atomic mass is 10.4. The molecule has 0 saturated carbocycles. The number of halogens is 2. The second-order valence-electron chi connectivity index (χ2n) is 2.78. The molecule has 5 heteroatoms. The van der Waals surface area contributed by atoms with E-state index in [-0.39, 0.29) is 11.9 Å². The summed E-state index contributed by atoms with van der Waals surface area (Å²) in [4.78, 5) is 10.7. The second-order valence-corrected chi connectivity index (χ2v) is 4.35. The van der Waals surface area contributed by atoms with Crippen molar-refractivity contribution in [2.24, 2.45) is 0 Å². The molecule has 0 saturated heterocycles. The van der Waals surface area contributed by atoms with Crippen molar-refractivity contribution >= 4 is 17.7 Å². The fourth-order valence-electron chi connectivity index (χ4n) is 0.567. The Labute approximate surface area is 81.0 Å². The molecular formula is C8H14F2O2S. The Morgan fingerprint density at radius 1 is 1.54 bits per heavy atom. The highest BCUT2D eigenvalue weighted by Gasteiger charge is 2.40. The second kappa shape index (κ2) is 5.42. The predicted octanol–water partition coefficient (Wildman–Crippen LogP) is 2.33. The molecule has 0 fully saturated rings. The molecule has 0 aromatic heterocycles. The number of hydrogen-bond donors (Lipinski definition) is 0. The minimum atomic E-state index is -3.36. The van der Waals surface area contributed by atoms with Crippen molar-refractivity contribution in [3.63, 3.8) is 0 Å². The summed E-state index contributed by atoms with van der Waals surface area (Å²) in [5.74, 6) is -5.29. The lowest BCUT2D eigenvalue weighted by Gasteiger charge is -2.15. The van der Waals surface area contributed by atoms with Crippen molar-refractivity contribution in [2.45, 2.75) is 31.9 Å². The number of thioether (sulfide) groups is 1. The first-order valence-corrected chi connectivity index (χ1v) is 5.11. The highest BCUT2D eigenvalue weighted by molar-refractivity contribution is 7.99. The van der Waals surface area contributed by atoms with Crippen molar-refractivity contribution in [3.05, 3.63) is 0 Å². The van der Waals surface area contributed by atoms with Crippen LogP contribution in [0.3, 0.4) is 0 Å². The van der Waals surface area contributed by atoms with E-state index in [0.717, 1.165) is 11.8 Å². The van der Waals surface area contributed by atoms with Crippen molar-refractivity contribution < 1.29 is 18.3 Å². The predicted molar refractivity (Wildman–Crippen MR) is 49.2 cm³/mol. The van der Waals surface area contributed by atoms with E-state index in [2.05, 4.69) is 4.74 Å². The molecule has 0 bridgehead atoms. The molecule has 78 valence electrons. The third-order valence-electron chi connectivity index (χ3n) is 1.17. The summed E-state index contributed by atoms with van der Waals surface area (Å²) in [6, 6.07) is 0. The van der Waals surface area contributed by atoms with Gasteiger partial charge in [-0.15, -0.1) is 0 Å². The van der Waals surface area contributed by atoms with E-state index in [1.165, 1.54) is 6.92 Å². The number of hydrogen-bond acceptors (Lipinski definition) is 3. The van der Waals surface area contributed by atoms with Crippen LogP contribution in [-0.2, 0) is 9.53 Å². The monoisotopic (exact) mass is 212 g/mol. The van der Waals surface area contributed by atoms with Gasteiger partial charge in [-0.2, -0.15) is 20.5 Å². The van der Waals surface area contributed by atoms with Gasteiger partial charge < -0.3 is 4.74 Å². The van der Waals surface area contributed by atoms with Crippen LogP contribution in [0.25, 0.3) is 0 Å². The molecule has 0 aliphatic heterocycles. The topological polar surface area (TPSA) is 26.3 Å². The maximum absolute atomic E-state index is 12.9. The van der Waals surface area contributed by atoms with E-state index in [4.69, 9.17) is 0 Å². The maximum Gasteiger partial charge on any atom is 0.377 e. The summed E-state index contributed by atoms with van der Waals surface area (Å²) in [7, 11) is 0. The smallest absolute Gasteiger partial charge is 0.377 e. The van der Waals surface area contributed by atoms with E-state index in [0.29, 0.717) is 0 Å². The molecule has 0 atom stereocenters. The van der Waals surface area contributed by atoms with E-state index in [9.17, 15) is 13.6 Å². The molecule has 0 aliphatic carbocycles. The highest BCUT2D eigenvalue weighted by atomic mass is 32.2. The summed E-state index contributed by atoms with van der Waals surface area (Å²) in [5, 5.41) is 0.0836. The average Bonchev–Trinajstić information content (AvgIpc) is 2.01. The van der Waals surface area contributed by atoms with Gasteiger partial charge in [-0.1, -0.05) is 13.8 Å². The number of esters is 1. The third kappa shape index (κ3) is 5.08. The molecule has 0 aromatic carbocycles. The largest absolute Gasteiger partial charge is 0.462 e. The van der Waals surface area contributed by atoms with Crippen molar-refractivity contribution in [3.8, 4) is 0 Å². The Morgan fingerprint density at radius 2 is 2.08 bits per heavy atom. The molecule has 0 aliphatic rings. The van der Waals surface area contributed by atoms with Crippen molar-refractivity contribution in [1.82, 2.24) is 0 Å². The van der Waals surface area contributed by atoms with Crippen LogP contribution in [0.2, 0.25) is 0 Å². The van der Waals surface area contributed by atoms with Gasteiger partial charge in [0.15, 0.2) is 0 Å². The quantitative estimate of drug-likeness (QED) is 0.654. The molecule has 0 aromatic rings. The first-order valence-electron chi connectivity index (χ1n) is 4.06. The minimum Gasteiger partial charge on any atom is -0.462 e. The summed E-state index contributed by atoms with van der Waals surface area (Å²) in [5.41, 5.74) is 0. The number of ether oxygens (including phenoxy) is 1. The summed E-state index contributed by atoms with van der Waals surface area (Å²) in [6.45, 7) is 5.09. The van der Waals surface area contributed by atoms with Gasteiger partial charge in [-0.05, 0) is 12.2 Å². The first kappa shape index (κ1) is 12.7. The van der Waals surface area contributed by atoms with Crippen molar-refractivity contribution in [2.75, 3.05) is 12.4 Å². The minimum absolute atomic E-state index is 0.0131. The molecule has 2 nitrogen and oxygen atoms in total. The fourth-order valence-corrected chi connectivity index (χ4v) is 1.23. The van der Waals surface area contributed by atoms with E-state index < -0.39 is 17.6 Å². The van der Waals surface area contributed by atoms with E-state index in [1.54, 1.807) is 13.8 Å². The van der Waals surface area contributed by atoms with E-state index >= 15 is 0 Å². The standard InChI is InChI=1S/C8H14F2O2S/c1-4-12-7(11)8(9,10)5-13-6(2)3/h6H,4-5H2,1-3H3. The Hall–Kier alpha value is -0.320. The number of carbonyl (C=O) groups excluding carboxylic acids is 1. The summed E-state index contributed by atoms with van der Waals surface area (Å²) >= 11 is 1.04. The van der Waals surface area contributed by atoms with Gasteiger partial charge in [0.1, 0.15) is 0 Å². The number of rotatable bonds is 5. The van der Waals surface area contributed by atoms with Crippen LogP contribution in [0.1, 0.15) is 20.8 Å². The van der Waals surface area contributed by atoms with E-state index in [1.807, 2.05) is 0 Å². The molecule has 0 amide bonds. The zero-order valence-electron chi connectivity index (χ0n) is 7.97. The molecule has 0 N–H and O–H groups in total. The van der Waals surface area contributed by atoms with Gasteiger partial charge >= 0.3 is 11.9 Å². The van der Waals surface area contributed by atoms with Gasteiger partial charge in [-0.25, -0.2) is 4.79 Å². The summed E-state index contributed by atoms with van der Waals surface area (Å²) < 4.78 is 30.0. The van der Waals surface area contributed by atoms with Crippen LogP contribution in [0, 0.1) is 0 Å². The molecular weight excluding hydrogens is 198 g/mol. The van der Waals surface area contributed by atoms with Gasteiger partial charge in [0.25, 0.3) is 0 Å². The highest BCUT2D eigenvalue weighted by Crippen LogP contribution is 2.24. The molecule has 13 heavy (non-hydrogen) atoms. The Bertz CT molecular complexity index is 172. The average molecular weight is 212 g/mol. The molecule has 0 unspecified atom stereocenters. The molecule has 0 radical (unpaired) electrons. The lowest BCUT2D eigenvalue weighted by molar-refractivity contribution is -0.167. The van der Waals surface area contributed by atoms with Crippen LogP contribution in [-0.4, -0.2) is 29.5 Å². The lowest BCUT2D eigenvalue weighted by Crippen LogP contribution is -2.33. The van der Waals surface area contributed by atoms with Gasteiger partial charge in [0.2, 0.25) is 0 Å². The van der Waals surface area contributed by atoms with Crippen LogP contribution in [0.15, 0.2) is 0 Å². The van der Waals surface area contributed by atoms with Crippen LogP contribution >= 0.6 is 11.8 Å². The summed E-state index contributed by atoms with van der Waals surface area (Å²) in [6.07, 6.45) is 0. The van der Waals surface area contributed by atoms with Crippen molar-refractivity contribution in [1.29, 1.82) is 0 Å².